The number of benzene rings is 2. The first-order valence-electron chi connectivity index (χ1n) is 11.7. The molecule has 0 saturated carbocycles. The third-order valence-corrected chi connectivity index (χ3v) is 7.96. The van der Waals surface area contributed by atoms with Gasteiger partial charge in [-0.3, -0.25) is 0 Å². The van der Waals surface area contributed by atoms with Gasteiger partial charge in [0, 0.05) is 15.2 Å². The summed E-state index contributed by atoms with van der Waals surface area (Å²) in [5.74, 6) is 3.06. The molecule has 2 aromatic carbocycles. The zero-order chi connectivity index (χ0) is 21.9. The van der Waals surface area contributed by atoms with Gasteiger partial charge in [-0.25, -0.2) is 0 Å². The lowest BCUT2D eigenvalue weighted by Crippen LogP contribution is -2.12. The van der Waals surface area contributed by atoms with Crippen molar-refractivity contribution in [3.05, 3.63) is 33.2 Å². The Morgan fingerprint density at radius 2 is 1.40 bits per heavy atom. The maximum Gasteiger partial charge on any atom is 0.142 e. The summed E-state index contributed by atoms with van der Waals surface area (Å²) in [6.07, 6.45) is 9.76. The highest BCUT2D eigenvalue weighted by molar-refractivity contribution is 9.13. The number of ether oxygens (including phenoxy) is 2. The average molecular weight is 542 g/mol. The lowest BCUT2D eigenvalue weighted by molar-refractivity contribution is 0.233. The molecule has 0 spiro atoms. The van der Waals surface area contributed by atoms with Gasteiger partial charge in [-0.1, -0.05) is 78.4 Å². The van der Waals surface area contributed by atoms with Crippen molar-refractivity contribution in [3.8, 4) is 11.5 Å². The minimum absolute atomic E-state index is 0.592. The lowest BCUT2D eigenvalue weighted by atomic mass is 10.0. The summed E-state index contributed by atoms with van der Waals surface area (Å²) in [4.78, 5) is 0. The first-order chi connectivity index (χ1) is 14.5. The maximum atomic E-state index is 6.40. The predicted molar refractivity (Wildman–Crippen MR) is 137 cm³/mol. The van der Waals surface area contributed by atoms with Gasteiger partial charge in [0.25, 0.3) is 0 Å². The number of unbranched alkanes of at least 4 members (excludes halogenated alkanes) is 2. The highest BCUT2D eigenvalue weighted by Gasteiger charge is 2.17. The normalized spacial score (nSPS) is 13.4. The van der Waals surface area contributed by atoms with Crippen LogP contribution in [0.5, 0.6) is 11.5 Å². The van der Waals surface area contributed by atoms with Gasteiger partial charge in [-0.2, -0.15) is 0 Å². The van der Waals surface area contributed by atoms with Crippen LogP contribution in [0.1, 0.15) is 79.1 Å². The summed E-state index contributed by atoms with van der Waals surface area (Å²) < 4.78 is 14.7. The van der Waals surface area contributed by atoms with Crippen molar-refractivity contribution in [1.29, 1.82) is 0 Å². The second kappa shape index (κ2) is 13.6. The van der Waals surface area contributed by atoms with Gasteiger partial charge in [-0.15, -0.1) is 0 Å². The molecular weight excluding hydrogens is 504 g/mol. The molecule has 0 radical (unpaired) electrons. The Balaban J connectivity index is 2.25. The van der Waals surface area contributed by atoms with E-state index in [-0.39, 0.29) is 0 Å². The maximum absolute atomic E-state index is 6.40. The molecule has 2 atom stereocenters. The van der Waals surface area contributed by atoms with E-state index < -0.39 is 0 Å². The largest absolute Gasteiger partial charge is 0.493 e. The van der Waals surface area contributed by atoms with Gasteiger partial charge < -0.3 is 9.47 Å². The van der Waals surface area contributed by atoms with Crippen LogP contribution in [0.25, 0.3) is 10.8 Å². The van der Waals surface area contributed by atoms with Crippen LogP contribution in [0, 0.1) is 11.8 Å². The van der Waals surface area contributed by atoms with Crippen molar-refractivity contribution in [2.24, 2.45) is 11.8 Å². The third kappa shape index (κ3) is 7.15. The number of halogens is 2. The lowest BCUT2D eigenvalue weighted by Gasteiger charge is -2.20. The van der Waals surface area contributed by atoms with Crippen LogP contribution < -0.4 is 9.47 Å². The van der Waals surface area contributed by atoms with Crippen LogP contribution in [0.2, 0.25) is 0 Å². The number of hydrogen-bond donors (Lipinski definition) is 0. The first-order valence-corrected chi connectivity index (χ1v) is 13.3. The van der Waals surface area contributed by atoms with Gasteiger partial charge >= 0.3 is 0 Å². The van der Waals surface area contributed by atoms with E-state index in [9.17, 15) is 0 Å². The van der Waals surface area contributed by atoms with Crippen LogP contribution in [0.15, 0.2) is 33.2 Å². The van der Waals surface area contributed by atoms with E-state index in [2.05, 4.69) is 83.8 Å². The number of rotatable bonds is 14. The van der Waals surface area contributed by atoms with E-state index in [1.807, 2.05) is 0 Å². The molecule has 2 nitrogen and oxygen atoms in total. The molecule has 2 unspecified atom stereocenters. The Kier molecular flexibility index (Phi) is 11.6. The van der Waals surface area contributed by atoms with Crippen LogP contribution in [0.4, 0.5) is 0 Å². The molecule has 0 N–H and O–H groups in total. The molecule has 0 bridgehead atoms. The van der Waals surface area contributed by atoms with E-state index in [0.29, 0.717) is 11.8 Å². The third-order valence-electron chi connectivity index (χ3n) is 6.02. The molecule has 0 aliphatic rings. The molecule has 0 saturated heterocycles. The van der Waals surface area contributed by atoms with E-state index >= 15 is 0 Å². The number of hydrogen-bond acceptors (Lipinski definition) is 2. The van der Waals surface area contributed by atoms with Crippen molar-refractivity contribution in [2.45, 2.75) is 79.1 Å². The van der Waals surface area contributed by atoms with Crippen molar-refractivity contribution >= 4 is 42.6 Å². The Morgan fingerprint density at radius 3 is 1.97 bits per heavy atom. The quantitative estimate of drug-likeness (QED) is 0.237. The summed E-state index contributed by atoms with van der Waals surface area (Å²) >= 11 is 7.45. The second-order valence-corrected chi connectivity index (χ2v) is 9.96. The Labute approximate surface area is 200 Å². The van der Waals surface area contributed by atoms with Crippen LogP contribution in [-0.2, 0) is 0 Å². The summed E-state index contributed by atoms with van der Waals surface area (Å²) in [5.41, 5.74) is 0. The SMILES string of the molecule is CCCCC(CC)COc1cccc2c(OCC(CC)CCCC)c(Br)c(Br)cc12. The van der Waals surface area contributed by atoms with Gasteiger partial charge in [-0.05, 0) is 68.7 Å². The van der Waals surface area contributed by atoms with Crippen molar-refractivity contribution in [1.82, 2.24) is 0 Å². The highest BCUT2D eigenvalue weighted by atomic mass is 79.9. The van der Waals surface area contributed by atoms with Gasteiger partial charge in [0.2, 0.25) is 0 Å². The molecule has 2 aromatic rings. The number of fused-ring (bicyclic) bond motifs is 1. The fourth-order valence-electron chi connectivity index (χ4n) is 3.78. The van der Waals surface area contributed by atoms with E-state index in [4.69, 9.17) is 9.47 Å². The molecule has 0 aliphatic carbocycles. The van der Waals surface area contributed by atoms with Crippen LogP contribution >= 0.6 is 31.9 Å². The topological polar surface area (TPSA) is 18.5 Å². The predicted octanol–water partition coefficient (Wildman–Crippen LogP) is 9.56. The molecule has 0 fully saturated rings. The van der Waals surface area contributed by atoms with Crippen LogP contribution in [0.3, 0.4) is 0 Å². The molecule has 30 heavy (non-hydrogen) atoms. The summed E-state index contributed by atoms with van der Waals surface area (Å²) in [7, 11) is 0. The van der Waals surface area contributed by atoms with Gasteiger partial charge in [0.05, 0.1) is 17.7 Å². The van der Waals surface area contributed by atoms with E-state index in [1.54, 1.807) is 0 Å². The average Bonchev–Trinajstić information content (AvgIpc) is 2.76. The molecular formula is C26H38Br2O2. The van der Waals surface area contributed by atoms with Crippen molar-refractivity contribution in [2.75, 3.05) is 13.2 Å². The summed E-state index contributed by atoms with van der Waals surface area (Å²) in [6.45, 7) is 10.5. The van der Waals surface area contributed by atoms with Crippen LogP contribution in [-0.4, -0.2) is 13.2 Å². The zero-order valence-corrected chi connectivity index (χ0v) is 22.3. The minimum atomic E-state index is 0.592. The minimum Gasteiger partial charge on any atom is -0.493 e. The standard InChI is InChI=1S/C26H38Br2O2/c1-5-9-12-19(7-3)17-29-24-15-11-14-21-22(24)16-23(27)25(28)26(21)30-18-20(8-4)13-10-6-2/h11,14-16,19-20H,5-10,12-13,17-18H2,1-4H3. The van der Waals surface area contributed by atoms with Crippen molar-refractivity contribution < 1.29 is 9.47 Å². The monoisotopic (exact) mass is 540 g/mol. The molecule has 4 heteroatoms. The Hall–Kier alpha value is -0.740. The highest BCUT2D eigenvalue weighted by Crippen LogP contribution is 2.43. The molecule has 0 amide bonds. The molecule has 0 aliphatic heterocycles. The fourth-order valence-corrected chi connectivity index (χ4v) is 4.63. The summed E-state index contributed by atoms with van der Waals surface area (Å²) in [6, 6.07) is 8.43. The van der Waals surface area contributed by atoms with Gasteiger partial charge in [0.1, 0.15) is 11.5 Å². The summed E-state index contributed by atoms with van der Waals surface area (Å²) in [5, 5.41) is 2.21. The molecule has 168 valence electrons. The Bertz CT molecular complexity index is 775. The molecule has 0 heterocycles. The second-order valence-electron chi connectivity index (χ2n) is 8.31. The molecule has 0 aromatic heterocycles. The van der Waals surface area contributed by atoms with Gasteiger partial charge in [0.15, 0.2) is 0 Å². The van der Waals surface area contributed by atoms with Crippen molar-refractivity contribution in [3.63, 3.8) is 0 Å². The first kappa shape index (κ1) is 25.5. The molecule has 2 rings (SSSR count). The smallest absolute Gasteiger partial charge is 0.142 e. The fraction of sp³-hybridized carbons (Fsp3) is 0.615. The van der Waals surface area contributed by atoms with E-state index in [1.165, 1.54) is 38.5 Å². The zero-order valence-electron chi connectivity index (χ0n) is 19.1. The van der Waals surface area contributed by atoms with E-state index in [0.717, 1.165) is 57.3 Å². The Morgan fingerprint density at radius 1 is 0.800 bits per heavy atom.